The summed E-state index contributed by atoms with van der Waals surface area (Å²) in [7, 11) is -3.35. The number of rotatable bonds is 5. The van der Waals surface area contributed by atoms with E-state index in [4.69, 9.17) is 5.11 Å². The second-order valence-electron chi connectivity index (χ2n) is 5.61. The van der Waals surface area contributed by atoms with Gasteiger partial charge >= 0.3 is 0 Å². The fourth-order valence-electron chi connectivity index (χ4n) is 2.42. The summed E-state index contributed by atoms with van der Waals surface area (Å²) in [6.45, 7) is -0.0673. The van der Waals surface area contributed by atoms with Crippen molar-refractivity contribution in [1.29, 1.82) is 0 Å². The fourth-order valence-corrected chi connectivity index (χ4v) is 3.07. The third-order valence-corrected chi connectivity index (χ3v) is 4.89. The van der Waals surface area contributed by atoms with E-state index in [0.717, 1.165) is 6.26 Å². The van der Waals surface area contributed by atoms with Gasteiger partial charge in [-0.25, -0.2) is 22.8 Å². The Morgan fingerprint density at radius 1 is 1.16 bits per heavy atom. The van der Waals surface area contributed by atoms with E-state index < -0.39 is 15.7 Å². The number of aromatic nitrogens is 2. The Hall–Kier alpha value is -2.58. The van der Waals surface area contributed by atoms with Crippen LogP contribution in [0.15, 0.2) is 47.6 Å². The summed E-state index contributed by atoms with van der Waals surface area (Å²) in [4.78, 5) is 8.45. The molecule has 2 aromatic carbocycles. The Morgan fingerprint density at radius 2 is 1.96 bits per heavy atom. The molecule has 3 rings (SSSR count). The molecule has 25 heavy (non-hydrogen) atoms. The molecule has 0 bridgehead atoms. The standard InChI is InChI=1S/C17H16FN3O3S/c1-25(23,24)13-4-5-16-14(7-13)17(21-10-20-16)19-8-11-2-3-12(9-22)15(18)6-11/h2-7,10,22H,8-9H2,1H3,(H,19,20,21). The molecule has 6 nitrogen and oxygen atoms in total. The third kappa shape index (κ3) is 3.75. The van der Waals surface area contributed by atoms with Crippen LogP contribution in [-0.4, -0.2) is 29.7 Å². The quantitative estimate of drug-likeness (QED) is 0.724. The zero-order valence-corrected chi connectivity index (χ0v) is 14.2. The van der Waals surface area contributed by atoms with Crippen LogP contribution in [0.1, 0.15) is 11.1 Å². The van der Waals surface area contributed by atoms with Crippen LogP contribution in [0.2, 0.25) is 0 Å². The molecular formula is C17H16FN3O3S. The lowest BCUT2D eigenvalue weighted by Gasteiger charge is -2.10. The maximum absolute atomic E-state index is 13.7. The summed E-state index contributed by atoms with van der Waals surface area (Å²) in [6.07, 6.45) is 2.51. The molecule has 3 aromatic rings. The van der Waals surface area contributed by atoms with Crippen LogP contribution < -0.4 is 5.32 Å². The summed E-state index contributed by atoms with van der Waals surface area (Å²) >= 11 is 0. The second-order valence-corrected chi connectivity index (χ2v) is 7.63. The lowest BCUT2D eigenvalue weighted by Crippen LogP contribution is -2.04. The monoisotopic (exact) mass is 361 g/mol. The number of halogens is 1. The molecule has 0 radical (unpaired) electrons. The zero-order chi connectivity index (χ0) is 18.0. The van der Waals surface area contributed by atoms with E-state index in [1.807, 2.05) is 0 Å². The van der Waals surface area contributed by atoms with Gasteiger partial charge in [0.05, 0.1) is 17.0 Å². The summed E-state index contributed by atoms with van der Waals surface area (Å²) in [6, 6.07) is 9.19. The van der Waals surface area contributed by atoms with Crippen molar-refractivity contribution in [2.24, 2.45) is 0 Å². The van der Waals surface area contributed by atoms with Gasteiger partial charge in [0.1, 0.15) is 18.0 Å². The number of nitrogens with zero attached hydrogens (tertiary/aromatic N) is 2. The van der Waals surface area contributed by atoms with Crippen molar-refractivity contribution in [3.05, 3.63) is 59.7 Å². The van der Waals surface area contributed by atoms with E-state index in [1.165, 1.54) is 30.6 Å². The minimum absolute atomic E-state index is 0.177. The Kier molecular flexibility index (Phi) is 4.65. The Morgan fingerprint density at radius 3 is 2.64 bits per heavy atom. The van der Waals surface area contributed by atoms with Crippen LogP contribution in [-0.2, 0) is 23.0 Å². The van der Waals surface area contributed by atoms with E-state index >= 15 is 0 Å². The van der Waals surface area contributed by atoms with Gasteiger partial charge in [-0.1, -0.05) is 12.1 Å². The highest BCUT2D eigenvalue weighted by molar-refractivity contribution is 7.90. The molecule has 1 heterocycles. The number of hydrogen-bond donors (Lipinski definition) is 2. The first-order valence-electron chi connectivity index (χ1n) is 7.45. The van der Waals surface area contributed by atoms with E-state index in [9.17, 15) is 12.8 Å². The summed E-state index contributed by atoms with van der Waals surface area (Å²) in [5.74, 6) is -0.0177. The van der Waals surface area contributed by atoms with Crippen LogP contribution >= 0.6 is 0 Å². The highest BCUT2D eigenvalue weighted by Crippen LogP contribution is 2.23. The molecule has 8 heteroatoms. The van der Waals surface area contributed by atoms with Crippen molar-refractivity contribution in [3.8, 4) is 0 Å². The van der Waals surface area contributed by atoms with Gasteiger partial charge < -0.3 is 10.4 Å². The first kappa shape index (κ1) is 17.2. The first-order chi connectivity index (χ1) is 11.9. The largest absolute Gasteiger partial charge is 0.392 e. The molecule has 0 aliphatic carbocycles. The number of anilines is 1. The van der Waals surface area contributed by atoms with Gasteiger partial charge in [-0.3, -0.25) is 0 Å². The van der Waals surface area contributed by atoms with Crippen LogP contribution in [0.3, 0.4) is 0 Å². The second kappa shape index (κ2) is 6.73. The van der Waals surface area contributed by atoms with Gasteiger partial charge in [-0.15, -0.1) is 0 Å². The van der Waals surface area contributed by atoms with E-state index in [2.05, 4.69) is 15.3 Å². The first-order valence-corrected chi connectivity index (χ1v) is 9.34. The predicted molar refractivity (Wildman–Crippen MR) is 92.3 cm³/mol. The number of aliphatic hydroxyl groups is 1. The molecule has 0 aliphatic heterocycles. The molecule has 0 aliphatic rings. The Labute approximate surface area is 144 Å². The molecule has 0 atom stereocenters. The van der Waals surface area contributed by atoms with Gasteiger partial charge in [-0.2, -0.15) is 0 Å². The van der Waals surface area contributed by atoms with Crippen molar-refractivity contribution >= 4 is 26.6 Å². The van der Waals surface area contributed by atoms with Gasteiger partial charge in [0.15, 0.2) is 9.84 Å². The molecule has 0 amide bonds. The molecule has 130 valence electrons. The fraction of sp³-hybridized carbons (Fsp3) is 0.176. The van der Waals surface area contributed by atoms with Crippen LogP contribution in [0, 0.1) is 5.82 Å². The third-order valence-electron chi connectivity index (χ3n) is 3.78. The van der Waals surface area contributed by atoms with Gasteiger partial charge in [0.25, 0.3) is 0 Å². The molecule has 0 fully saturated rings. The Bertz CT molecular complexity index is 1040. The Balaban J connectivity index is 1.92. The SMILES string of the molecule is CS(=O)(=O)c1ccc2ncnc(NCc3ccc(CO)c(F)c3)c2c1. The molecule has 0 saturated carbocycles. The smallest absolute Gasteiger partial charge is 0.175 e. The van der Waals surface area contributed by atoms with E-state index in [0.29, 0.717) is 22.3 Å². The molecule has 0 spiro atoms. The lowest BCUT2D eigenvalue weighted by atomic mass is 10.1. The van der Waals surface area contributed by atoms with Crippen molar-refractivity contribution in [2.75, 3.05) is 11.6 Å². The summed E-state index contributed by atoms with van der Waals surface area (Å²) in [5, 5.41) is 12.6. The zero-order valence-electron chi connectivity index (χ0n) is 13.4. The maximum atomic E-state index is 13.7. The van der Waals surface area contributed by atoms with E-state index in [-0.39, 0.29) is 23.6 Å². The number of fused-ring (bicyclic) bond motifs is 1. The van der Waals surface area contributed by atoms with Crippen molar-refractivity contribution in [2.45, 2.75) is 18.0 Å². The number of benzene rings is 2. The van der Waals surface area contributed by atoms with Crippen LogP contribution in [0.25, 0.3) is 10.9 Å². The maximum Gasteiger partial charge on any atom is 0.175 e. The molecular weight excluding hydrogens is 345 g/mol. The number of nitrogens with one attached hydrogen (secondary N) is 1. The number of aliphatic hydroxyl groups excluding tert-OH is 1. The molecule has 0 saturated heterocycles. The molecule has 1 aromatic heterocycles. The highest BCUT2D eigenvalue weighted by Gasteiger charge is 2.11. The molecule has 2 N–H and O–H groups in total. The average molecular weight is 361 g/mol. The van der Waals surface area contributed by atoms with Crippen molar-refractivity contribution in [1.82, 2.24) is 9.97 Å². The average Bonchev–Trinajstić information content (AvgIpc) is 2.58. The van der Waals surface area contributed by atoms with Gasteiger partial charge in [-0.05, 0) is 29.8 Å². The minimum atomic E-state index is -3.35. The molecule has 0 unspecified atom stereocenters. The van der Waals surface area contributed by atoms with Crippen molar-refractivity contribution in [3.63, 3.8) is 0 Å². The normalized spacial score (nSPS) is 11.6. The van der Waals surface area contributed by atoms with Gasteiger partial charge in [0, 0.05) is 23.8 Å². The van der Waals surface area contributed by atoms with Gasteiger partial charge in [0.2, 0.25) is 0 Å². The summed E-state index contributed by atoms with van der Waals surface area (Å²) in [5.41, 5.74) is 1.50. The topological polar surface area (TPSA) is 92.2 Å². The van der Waals surface area contributed by atoms with Crippen LogP contribution in [0.5, 0.6) is 0 Å². The van der Waals surface area contributed by atoms with E-state index in [1.54, 1.807) is 12.1 Å². The highest BCUT2D eigenvalue weighted by atomic mass is 32.2. The van der Waals surface area contributed by atoms with Crippen LogP contribution in [0.4, 0.5) is 10.2 Å². The van der Waals surface area contributed by atoms with Crippen molar-refractivity contribution < 1.29 is 17.9 Å². The number of sulfone groups is 1. The summed E-state index contributed by atoms with van der Waals surface area (Å²) < 4.78 is 37.2. The number of hydrogen-bond acceptors (Lipinski definition) is 6. The minimum Gasteiger partial charge on any atom is -0.392 e. The predicted octanol–water partition coefficient (Wildman–Crippen LogP) is 2.28. The lowest BCUT2D eigenvalue weighted by molar-refractivity contribution is 0.275.